The van der Waals surface area contributed by atoms with Gasteiger partial charge < -0.3 is 0 Å². The first-order valence-corrected chi connectivity index (χ1v) is 8.39. The summed E-state index contributed by atoms with van der Waals surface area (Å²) in [7, 11) is 0. The predicted molar refractivity (Wildman–Crippen MR) is 94.7 cm³/mol. The van der Waals surface area contributed by atoms with Gasteiger partial charge >= 0.3 is 0 Å². The molecule has 5 aromatic rings. The van der Waals surface area contributed by atoms with Crippen LogP contribution in [0.1, 0.15) is 34.4 Å². The van der Waals surface area contributed by atoms with Crippen LogP contribution in [0.15, 0.2) is 61.3 Å². The lowest BCUT2D eigenvalue weighted by atomic mass is 9.65. The molecule has 5 N–H and O–H groups in total. The number of aromatic amines is 5. The first-order valence-electron chi connectivity index (χ1n) is 8.39. The van der Waals surface area contributed by atoms with E-state index in [1.807, 2.05) is 30.3 Å². The van der Waals surface area contributed by atoms with Gasteiger partial charge in [0.05, 0.1) is 23.0 Å². The summed E-state index contributed by atoms with van der Waals surface area (Å²) < 4.78 is 0. The van der Waals surface area contributed by atoms with Crippen molar-refractivity contribution in [2.24, 2.45) is 0 Å². The Bertz CT molecular complexity index is 939. The highest BCUT2D eigenvalue weighted by Gasteiger charge is 2.50. The maximum absolute atomic E-state index is 4.21. The van der Waals surface area contributed by atoms with Gasteiger partial charge in [-0.1, -0.05) is 0 Å². The van der Waals surface area contributed by atoms with Gasteiger partial charge in [-0.05, 0) is 30.3 Å². The van der Waals surface area contributed by atoms with E-state index in [9.17, 15) is 0 Å². The third kappa shape index (κ3) is 2.23. The Labute approximate surface area is 152 Å². The average molecular weight is 360 g/mol. The van der Waals surface area contributed by atoms with Gasteiger partial charge in [-0.25, -0.2) is 0 Å². The summed E-state index contributed by atoms with van der Waals surface area (Å²) in [6.45, 7) is 0. The number of aromatic nitrogens is 10. The molecule has 0 saturated carbocycles. The molecule has 5 heterocycles. The standard InChI is InChI=1S/C17H16N10/c1-6-18-23-11(1)16(12-2-7-19-24-12)17(13-3-8-20-25-13,14-4-9-21-26-14)15-5-10-22-27-15/h1-10,16H,(H,18,23)(H,19,24)(H,20,25)(H,21,26)(H,22,27). The van der Waals surface area contributed by atoms with Gasteiger partial charge in [0.25, 0.3) is 0 Å². The maximum Gasteiger partial charge on any atom is 0.109 e. The van der Waals surface area contributed by atoms with E-state index in [4.69, 9.17) is 0 Å². The molecule has 0 atom stereocenters. The zero-order valence-electron chi connectivity index (χ0n) is 14.1. The molecule has 0 aliphatic rings. The maximum atomic E-state index is 4.21. The van der Waals surface area contributed by atoms with Gasteiger partial charge in [0, 0.05) is 42.4 Å². The minimum absolute atomic E-state index is 0.246. The smallest absolute Gasteiger partial charge is 0.109 e. The van der Waals surface area contributed by atoms with Crippen molar-refractivity contribution >= 4 is 0 Å². The Kier molecular flexibility index (Phi) is 3.46. The van der Waals surface area contributed by atoms with Crippen molar-refractivity contribution in [2.45, 2.75) is 11.3 Å². The summed E-state index contributed by atoms with van der Waals surface area (Å²) in [4.78, 5) is 0. The first-order chi connectivity index (χ1) is 13.4. The van der Waals surface area contributed by atoms with Crippen molar-refractivity contribution in [1.82, 2.24) is 51.0 Å². The van der Waals surface area contributed by atoms with Gasteiger partial charge in [-0.3, -0.25) is 25.5 Å². The molecule has 5 aromatic heterocycles. The van der Waals surface area contributed by atoms with Gasteiger partial charge in [0.2, 0.25) is 0 Å². The van der Waals surface area contributed by atoms with E-state index in [0.29, 0.717) is 0 Å². The van der Waals surface area contributed by atoms with E-state index in [2.05, 4.69) is 51.0 Å². The molecule has 0 aliphatic heterocycles. The van der Waals surface area contributed by atoms with Crippen LogP contribution in [0, 0.1) is 0 Å². The lowest BCUT2D eigenvalue weighted by Gasteiger charge is -2.37. The highest BCUT2D eigenvalue weighted by atomic mass is 15.2. The molecule has 0 fully saturated rings. The molecule has 10 nitrogen and oxygen atoms in total. The summed E-state index contributed by atoms with van der Waals surface area (Å²) in [5.74, 6) is -0.246. The molecule has 0 radical (unpaired) electrons. The number of H-pyrrole nitrogens is 5. The predicted octanol–water partition coefficient (Wildman–Crippen LogP) is 1.47. The molecule has 0 unspecified atom stereocenters. The molecule has 0 amide bonds. The van der Waals surface area contributed by atoms with Crippen LogP contribution in [-0.2, 0) is 5.41 Å². The number of nitrogens with one attached hydrogen (secondary N) is 5. The lowest BCUT2D eigenvalue weighted by molar-refractivity contribution is 0.474. The normalized spacial score (nSPS) is 12.0. The van der Waals surface area contributed by atoms with E-state index in [-0.39, 0.29) is 5.92 Å². The van der Waals surface area contributed by atoms with E-state index >= 15 is 0 Å². The van der Waals surface area contributed by atoms with Crippen molar-refractivity contribution in [2.75, 3.05) is 0 Å². The molecule has 27 heavy (non-hydrogen) atoms. The second-order valence-corrected chi connectivity index (χ2v) is 6.18. The molecule has 0 spiro atoms. The number of hydrogen-bond acceptors (Lipinski definition) is 5. The van der Waals surface area contributed by atoms with Crippen molar-refractivity contribution in [1.29, 1.82) is 0 Å². The molecule has 0 aliphatic carbocycles. The van der Waals surface area contributed by atoms with Crippen LogP contribution in [0.3, 0.4) is 0 Å². The van der Waals surface area contributed by atoms with Crippen LogP contribution in [0.25, 0.3) is 0 Å². The second kappa shape index (κ2) is 6.09. The summed E-state index contributed by atoms with van der Waals surface area (Å²) in [6, 6.07) is 9.73. The molecular weight excluding hydrogens is 344 g/mol. The molecule has 10 heteroatoms. The molecular formula is C17H16N10. The van der Waals surface area contributed by atoms with E-state index in [1.165, 1.54) is 0 Å². The zero-order valence-corrected chi connectivity index (χ0v) is 14.1. The fourth-order valence-corrected chi connectivity index (χ4v) is 3.82. The topological polar surface area (TPSA) is 143 Å². The summed E-state index contributed by atoms with van der Waals surface area (Å²) >= 11 is 0. The van der Waals surface area contributed by atoms with Crippen LogP contribution in [0.2, 0.25) is 0 Å². The van der Waals surface area contributed by atoms with E-state index in [0.717, 1.165) is 28.5 Å². The fourth-order valence-electron chi connectivity index (χ4n) is 3.82. The van der Waals surface area contributed by atoms with Crippen LogP contribution in [-0.4, -0.2) is 51.0 Å². The van der Waals surface area contributed by atoms with Crippen LogP contribution in [0.4, 0.5) is 0 Å². The van der Waals surface area contributed by atoms with Crippen molar-refractivity contribution in [3.05, 3.63) is 89.8 Å². The Morgan fingerprint density at radius 2 is 0.889 bits per heavy atom. The highest BCUT2D eigenvalue weighted by Crippen LogP contribution is 2.49. The highest BCUT2D eigenvalue weighted by molar-refractivity contribution is 5.49. The Hall–Kier alpha value is -3.95. The minimum Gasteiger partial charge on any atom is -0.282 e. The van der Waals surface area contributed by atoms with Gasteiger partial charge in [-0.2, -0.15) is 25.5 Å². The Morgan fingerprint density at radius 1 is 0.519 bits per heavy atom. The lowest BCUT2D eigenvalue weighted by Crippen LogP contribution is -2.39. The quantitative estimate of drug-likeness (QED) is 0.311. The van der Waals surface area contributed by atoms with Gasteiger partial charge in [0.15, 0.2) is 0 Å². The summed E-state index contributed by atoms with van der Waals surface area (Å²) in [5.41, 5.74) is 3.64. The van der Waals surface area contributed by atoms with Crippen molar-refractivity contribution in [3.63, 3.8) is 0 Å². The average Bonchev–Trinajstić information content (AvgIpc) is 3.49. The molecule has 0 aromatic carbocycles. The van der Waals surface area contributed by atoms with Gasteiger partial charge in [0.1, 0.15) is 5.41 Å². The third-order valence-electron chi connectivity index (χ3n) is 4.88. The zero-order chi connectivity index (χ0) is 18.1. The number of nitrogens with zero attached hydrogens (tertiary/aromatic N) is 5. The van der Waals surface area contributed by atoms with Crippen LogP contribution >= 0.6 is 0 Å². The number of rotatable bonds is 6. The minimum atomic E-state index is -0.761. The third-order valence-corrected chi connectivity index (χ3v) is 4.88. The summed E-state index contributed by atoms with van der Waals surface area (Å²) in [6.07, 6.45) is 8.65. The molecule has 5 rings (SSSR count). The van der Waals surface area contributed by atoms with E-state index < -0.39 is 5.41 Å². The van der Waals surface area contributed by atoms with Gasteiger partial charge in [-0.15, -0.1) is 0 Å². The molecule has 134 valence electrons. The Morgan fingerprint density at radius 3 is 1.19 bits per heavy atom. The van der Waals surface area contributed by atoms with Crippen molar-refractivity contribution in [3.8, 4) is 0 Å². The summed E-state index contributed by atoms with van der Waals surface area (Å²) in [5, 5.41) is 36.6. The Balaban J connectivity index is 1.89. The van der Waals surface area contributed by atoms with E-state index in [1.54, 1.807) is 31.0 Å². The first kappa shape index (κ1) is 15.3. The largest absolute Gasteiger partial charge is 0.282 e. The monoisotopic (exact) mass is 360 g/mol. The molecule has 0 bridgehead atoms. The second-order valence-electron chi connectivity index (χ2n) is 6.18. The SMILES string of the molecule is c1cc(C(c2ccn[nH]2)C(c2ccn[nH]2)(c2ccn[nH]2)c2ccn[nH]2)[nH]n1. The van der Waals surface area contributed by atoms with Crippen LogP contribution < -0.4 is 0 Å². The van der Waals surface area contributed by atoms with Crippen molar-refractivity contribution < 1.29 is 0 Å². The molecule has 0 saturated heterocycles. The number of hydrogen-bond donors (Lipinski definition) is 5. The fraction of sp³-hybridized carbons (Fsp3) is 0.118. The van der Waals surface area contributed by atoms with Crippen LogP contribution in [0.5, 0.6) is 0 Å².